The van der Waals surface area contributed by atoms with Crippen LogP contribution >= 0.6 is 0 Å². The second-order valence-electron chi connectivity index (χ2n) is 11.2. The molecule has 0 bridgehead atoms. The first-order valence-corrected chi connectivity index (χ1v) is 14.4. The number of nitrogens with zero attached hydrogens (tertiary/aromatic N) is 6. The van der Waals surface area contributed by atoms with Gasteiger partial charge < -0.3 is 34.5 Å². The third-order valence-electron chi connectivity index (χ3n) is 8.72. The number of hydrogen-bond acceptors (Lipinski definition) is 9. The maximum absolute atomic E-state index is 12.3. The lowest BCUT2D eigenvalue weighted by atomic mass is 10.0. The molecular weight excluding hydrogens is 520 g/mol. The van der Waals surface area contributed by atoms with E-state index in [1.54, 1.807) is 11.0 Å². The zero-order valence-corrected chi connectivity index (χ0v) is 23.6. The number of carbonyl (C=O) groups excluding carboxylic acids is 1. The number of likely N-dealkylation sites (N-methyl/N-ethyl adjacent to an activating group) is 1. The van der Waals surface area contributed by atoms with Gasteiger partial charge in [-0.1, -0.05) is 30.8 Å². The van der Waals surface area contributed by atoms with Crippen molar-refractivity contribution in [2.24, 2.45) is 0 Å². The minimum atomic E-state index is -0.298. The molecule has 1 unspecified atom stereocenters. The summed E-state index contributed by atoms with van der Waals surface area (Å²) in [5, 5.41) is 22.9. The minimum absolute atomic E-state index is 0.107. The van der Waals surface area contributed by atoms with Crippen molar-refractivity contribution < 1.29 is 19.7 Å². The van der Waals surface area contributed by atoms with Crippen LogP contribution in [0.15, 0.2) is 49.1 Å². The van der Waals surface area contributed by atoms with E-state index in [4.69, 9.17) is 14.7 Å². The number of piperazine rings is 1. The van der Waals surface area contributed by atoms with Crippen LogP contribution in [0.25, 0.3) is 10.8 Å². The van der Waals surface area contributed by atoms with Gasteiger partial charge in [-0.25, -0.2) is 0 Å². The number of aromatic nitrogens is 2. The Labute approximate surface area is 240 Å². The topological polar surface area (TPSA) is 106 Å². The third kappa shape index (κ3) is 5.41. The van der Waals surface area contributed by atoms with Gasteiger partial charge in [-0.2, -0.15) is 9.97 Å². The highest BCUT2D eigenvalue weighted by Crippen LogP contribution is 2.37. The number of hydrogen-bond donors (Lipinski definition) is 2. The Kier molecular flexibility index (Phi) is 7.68. The van der Waals surface area contributed by atoms with Crippen LogP contribution < -0.4 is 14.5 Å². The summed E-state index contributed by atoms with van der Waals surface area (Å²) in [6.07, 6.45) is 4.25. The summed E-state index contributed by atoms with van der Waals surface area (Å²) >= 11 is 0. The normalized spacial score (nSPS) is 21.3. The Balaban J connectivity index is 1.35. The van der Waals surface area contributed by atoms with E-state index >= 15 is 0 Å². The Morgan fingerprint density at radius 2 is 2.00 bits per heavy atom. The quantitative estimate of drug-likeness (QED) is 0.424. The number of aliphatic hydroxyl groups is 1. The number of anilines is 2. The SMILES string of the molecule is C=CC(=O)N1CCN(c2nc(OC[C@@H]3CCCN3C)nc3c2CCN(c2cc(O)cc4ccccc24)C3)C(CO)C1. The Hall–Kier alpha value is -3.89. The van der Waals surface area contributed by atoms with Crippen molar-refractivity contribution in [2.45, 2.75) is 37.9 Å². The number of phenols is 1. The molecule has 216 valence electrons. The van der Waals surface area contributed by atoms with Gasteiger partial charge in [-0.05, 0) is 50.4 Å². The monoisotopic (exact) mass is 558 g/mol. The molecule has 0 aliphatic carbocycles. The molecule has 2 N–H and O–H groups in total. The van der Waals surface area contributed by atoms with Crippen molar-refractivity contribution in [2.75, 3.05) is 62.8 Å². The number of carbonyl (C=O) groups is 1. The standard InChI is InChI=1S/C31H38N6O4/c1-3-29(40)36-13-14-37(23(17-36)19-38)30-26-10-12-35(28-16-24(39)15-21-7-4-5-9-25(21)28)18-27(26)32-31(33-30)41-20-22-8-6-11-34(22)2/h3-5,7,9,15-16,22-23,38-39H,1,6,8,10-14,17-20H2,2H3/t22-,23?/m0/s1. The third-order valence-corrected chi connectivity index (χ3v) is 8.72. The lowest BCUT2D eigenvalue weighted by molar-refractivity contribution is -0.126. The van der Waals surface area contributed by atoms with Gasteiger partial charge in [-0.15, -0.1) is 0 Å². The highest BCUT2D eigenvalue weighted by molar-refractivity contribution is 5.95. The Morgan fingerprint density at radius 1 is 1.15 bits per heavy atom. The van der Waals surface area contributed by atoms with Gasteiger partial charge in [0, 0.05) is 54.9 Å². The van der Waals surface area contributed by atoms with Gasteiger partial charge in [0.2, 0.25) is 5.91 Å². The van der Waals surface area contributed by atoms with Gasteiger partial charge in [0.1, 0.15) is 18.2 Å². The molecule has 3 aliphatic rings. The molecule has 6 rings (SSSR count). The second kappa shape index (κ2) is 11.5. The molecule has 3 aromatic rings. The zero-order chi connectivity index (χ0) is 28.5. The molecular formula is C31H38N6O4. The van der Waals surface area contributed by atoms with Crippen LogP contribution in [0.2, 0.25) is 0 Å². The van der Waals surface area contributed by atoms with Crippen LogP contribution in [0.1, 0.15) is 24.1 Å². The fraction of sp³-hybridized carbons (Fsp3) is 0.452. The van der Waals surface area contributed by atoms with Crippen molar-refractivity contribution in [1.29, 1.82) is 0 Å². The Bertz CT molecular complexity index is 1450. The average Bonchev–Trinajstić information content (AvgIpc) is 3.42. The first-order valence-electron chi connectivity index (χ1n) is 14.4. The van der Waals surface area contributed by atoms with Gasteiger partial charge in [0.15, 0.2) is 0 Å². The van der Waals surface area contributed by atoms with E-state index < -0.39 is 0 Å². The molecule has 0 saturated carbocycles. The molecule has 2 aromatic carbocycles. The summed E-state index contributed by atoms with van der Waals surface area (Å²) in [4.78, 5) is 30.6. The molecule has 4 heterocycles. The number of amides is 1. The number of rotatable bonds is 7. The van der Waals surface area contributed by atoms with Crippen LogP contribution in [-0.2, 0) is 17.8 Å². The number of aliphatic hydroxyl groups excluding tert-OH is 1. The van der Waals surface area contributed by atoms with Crippen molar-refractivity contribution >= 4 is 28.2 Å². The molecule has 2 saturated heterocycles. The van der Waals surface area contributed by atoms with Crippen molar-refractivity contribution in [3.63, 3.8) is 0 Å². The first-order chi connectivity index (χ1) is 19.9. The minimum Gasteiger partial charge on any atom is -0.508 e. The lowest BCUT2D eigenvalue weighted by Gasteiger charge is -2.42. The van der Waals surface area contributed by atoms with Crippen molar-refractivity contribution in [1.82, 2.24) is 19.8 Å². The summed E-state index contributed by atoms with van der Waals surface area (Å²) in [7, 11) is 2.12. The summed E-state index contributed by atoms with van der Waals surface area (Å²) < 4.78 is 6.24. The number of fused-ring (bicyclic) bond motifs is 2. The van der Waals surface area contributed by atoms with E-state index in [0.29, 0.717) is 51.3 Å². The zero-order valence-electron chi connectivity index (χ0n) is 23.6. The molecule has 2 fully saturated rings. The number of ether oxygens (including phenoxy) is 1. The molecule has 2 atom stereocenters. The number of likely N-dealkylation sites (tertiary alicyclic amines) is 1. The molecule has 1 amide bonds. The summed E-state index contributed by atoms with van der Waals surface area (Å²) in [6, 6.07) is 12.0. The predicted octanol–water partition coefficient (Wildman–Crippen LogP) is 2.57. The Morgan fingerprint density at radius 3 is 2.78 bits per heavy atom. The van der Waals surface area contributed by atoms with Crippen molar-refractivity contribution in [3.8, 4) is 11.8 Å². The molecule has 0 spiro atoms. The molecule has 41 heavy (non-hydrogen) atoms. The number of phenolic OH excluding ortho intramolecular Hbond substituents is 1. The maximum Gasteiger partial charge on any atom is 0.318 e. The van der Waals surface area contributed by atoms with Crippen LogP contribution in [0.3, 0.4) is 0 Å². The summed E-state index contributed by atoms with van der Waals surface area (Å²) in [5.74, 6) is 0.872. The summed E-state index contributed by atoms with van der Waals surface area (Å²) in [5.41, 5.74) is 2.88. The number of aromatic hydroxyl groups is 1. The molecule has 1 aromatic heterocycles. The van der Waals surface area contributed by atoms with E-state index in [0.717, 1.165) is 59.5 Å². The van der Waals surface area contributed by atoms with Crippen LogP contribution in [-0.4, -0.2) is 101 Å². The van der Waals surface area contributed by atoms with Crippen molar-refractivity contribution in [3.05, 3.63) is 60.3 Å². The summed E-state index contributed by atoms with van der Waals surface area (Å²) in [6.45, 7) is 7.80. The van der Waals surface area contributed by atoms with Crippen LogP contribution in [0.4, 0.5) is 11.5 Å². The second-order valence-corrected chi connectivity index (χ2v) is 11.2. The van der Waals surface area contributed by atoms with E-state index in [1.165, 1.54) is 6.08 Å². The van der Waals surface area contributed by atoms with Gasteiger partial charge in [-0.3, -0.25) is 4.79 Å². The fourth-order valence-corrected chi connectivity index (χ4v) is 6.41. The average molecular weight is 559 g/mol. The van der Waals surface area contributed by atoms with Gasteiger partial charge in [0.05, 0.1) is 24.9 Å². The van der Waals surface area contributed by atoms with E-state index in [2.05, 4.69) is 34.4 Å². The number of benzene rings is 2. The van der Waals surface area contributed by atoms with E-state index in [1.807, 2.05) is 24.3 Å². The van der Waals surface area contributed by atoms with Gasteiger partial charge >= 0.3 is 6.01 Å². The molecule has 0 radical (unpaired) electrons. The van der Waals surface area contributed by atoms with Crippen LogP contribution in [0, 0.1) is 0 Å². The fourth-order valence-electron chi connectivity index (χ4n) is 6.41. The molecule has 10 heteroatoms. The maximum atomic E-state index is 12.3. The van der Waals surface area contributed by atoms with E-state index in [9.17, 15) is 15.0 Å². The largest absolute Gasteiger partial charge is 0.508 e. The first kappa shape index (κ1) is 27.3. The highest BCUT2D eigenvalue weighted by Gasteiger charge is 2.34. The molecule has 10 nitrogen and oxygen atoms in total. The highest BCUT2D eigenvalue weighted by atomic mass is 16.5. The van der Waals surface area contributed by atoms with Gasteiger partial charge in [0.25, 0.3) is 0 Å². The van der Waals surface area contributed by atoms with Crippen LogP contribution in [0.5, 0.6) is 11.8 Å². The van der Waals surface area contributed by atoms with E-state index in [-0.39, 0.29) is 24.3 Å². The lowest BCUT2D eigenvalue weighted by Crippen LogP contribution is -2.56. The predicted molar refractivity (Wildman–Crippen MR) is 159 cm³/mol. The smallest absolute Gasteiger partial charge is 0.318 e. The molecule has 3 aliphatic heterocycles.